The number of benzene rings is 1. The topological polar surface area (TPSA) is 41.5 Å². The molecule has 2 aliphatic rings. The Morgan fingerprint density at radius 3 is 2.71 bits per heavy atom. The highest BCUT2D eigenvalue weighted by Crippen LogP contribution is 2.65. The number of rotatable bonds is 7. The van der Waals surface area contributed by atoms with Gasteiger partial charge in [0, 0.05) is 18.2 Å². The Bertz CT molecular complexity index is 577. The van der Waals surface area contributed by atoms with E-state index in [0.29, 0.717) is 29.0 Å². The van der Waals surface area contributed by atoms with Crippen LogP contribution in [-0.2, 0) is 11.3 Å². The van der Waals surface area contributed by atoms with Gasteiger partial charge in [-0.15, -0.1) is 0 Å². The SMILES string of the molecule is CC1(C)[C@H]2CC[C@@]1(C)[C@H](NC[C@H](O)COCc1ccccc1F)C2. The van der Waals surface area contributed by atoms with Crippen molar-refractivity contribution in [2.45, 2.75) is 58.8 Å². The van der Waals surface area contributed by atoms with Gasteiger partial charge in [0.2, 0.25) is 0 Å². The van der Waals surface area contributed by atoms with Crippen LogP contribution in [0.25, 0.3) is 0 Å². The van der Waals surface area contributed by atoms with Crippen LogP contribution < -0.4 is 5.32 Å². The van der Waals surface area contributed by atoms with Gasteiger partial charge in [-0.2, -0.15) is 0 Å². The van der Waals surface area contributed by atoms with Crippen LogP contribution in [-0.4, -0.2) is 30.4 Å². The van der Waals surface area contributed by atoms with Crippen molar-refractivity contribution in [3.63, 3.8) is 0 Å². The lowest BCUT2D eigenvalue weighted by Gasteiger charge is -2.40. The molecular weight excluding hydrogens is 305 g/mol. The quantitative estimate of drug-likeness (QED) is 0.801. The molecule has 2 N–H and O–H groups in total. The van der Waals surface area contributed by atoms with Crippen molar-refractivity contribution in [1.29, 1.82) is 0 Å². The van der Waals surface area contributed by atoms with Crippen LogP contribution in [0.15, 0.2) is 24.3 Å². The fraction of sp³-hybridized carbons (Fsp3) is 0.700. The van der Waals surface area contributed by atoms with Crippen LogP contribution in [0.5, 0.6) is 0 Å². The Hall–Kier alpha value is -0.970. The monoisotopic (exact) mass is 335 g/mol. The maximum atomic E-state index is 13.5. The Morgan fingerprint density at radius 2 is 2.08 bits per heavy atom. The molecule has 0 aromatic heterocycles. The van der Waals surface area contributed by atoms with E-state index in [9.17, 15) is 9.50 Å². The number of fused-ring (bicyclic) bond motifs is 2. The number of halogens is 1. The van der Waals surface area contributed by atoms with Gasteiger partial charge in [-0.05, 0) is 42.1 Å². The Morgan fingerprint density at radius 1 is 1.33 bits per heavy atom. The maximum absolute atomic E-state index is 13.5. The van der Waals surface area contributed by atoms with Gasteiger partial charge >= 0.3 is 0 Å². The summed E-state index contributed by atoms with van der Waals surface area (Å²) < 4.78 is 19.0. The molecule has 2 saturated carbocycles. The molecule has 4 heteroatoms. The molecule has 0 amide bonds. The number of hydrogen-bond donors (Lipinski definition) is 2. The minimum Gasteiger partial charge on any atom is -0.389 e. The molecule has 4 atom stereocenters. The molecule has 1 aromatic rings. The first-order chi connectivity index (χ1) is 11.3. The summed E-state index contributed by atoms with van der Waals surface area (Å²) in [6, 6.07) is 7.05. The molecular formula is C20H30FNO2. The van der Waals surface area contributed by atoms with Crippen LogP contribution in [0.2, 0.25) is 0 Å². The van der Waals surface area contributed by atoms with Crippen LogP contribution in [0.1, 0.15) is 45.6 Å². The van der Waals surface area contributed by atoms with Gasteiger partial charge in [-0.1, -0.05) is 39.0 Å². The average Bonchev–Trinajstić information content (AvgIpc) is 2.88. The van der Waals surface area contributed by atoms with Gasteiger partial charge in [-0.25, -0.2) is 4.39 Å². The Labute approximate surface area is 144 Å². The molecule has 2 bridgehead atoms. The molecule has 2 aliphatic carbocycles. The molecule has 0 heterocycles. The van der Waals surface area contributed by atoms with E-state index >= 15 is 0 Å². The van der Waals surface area contributed by atoms with Crippen molar-refractivity contribution in [2.24, 2.45) is 16.7 Å². The molecule has 3 nitrogen and oxygen atoms in total. The standard InChI is InChI=1S/C20H30FNO2/c1-19(2)15-8-9-20(19,3)18(10-15)22-11-16(23)13-24-12-14-6-4-5-7-17(14)21/h4-7,15-16,18,22-23H,8-13H2,1-3H3/t15-,16-,18+,20-/m0/s1. The van der Waals surface area contributed by atoms with Crippen LogP contribution >= 0.6 is 0 Å². The second-order valence-electron chi connectivity index (χ2n) is 8.33. The number of aliphatic hydroxyl groups excluding tert-OH is 1. The lowest BCUT2D eigenvalue weighted by Crippen LogP contribution is -2.47. The Kier molecular flexibility index (Phi) is 5.01. The number of nitrogens with one attached hydrogen (secondary N) is 1. The van der Waals surface area contributed by atoms with Crippen molar-refractivity contribution in [3.05, 3.63) is 35.6 Å². The van der Waals surface area contributed by atoms with Gasteiger partial charge in [-0.3, -0.25) is 0 Å². The summed E-state index contributed by atoms with van der Waals surface area (Å²) in [7, 11) is 0. The van der Waals surface area contributed by atoms with E-state index in [1.165, 1.54) is 25.3 Å². The highest BCUT2D eigenvalue weighted by Gasteiger charge is 2.60. The van der Waals surface area contributed by atoms with Crippen LogP contribution in [0, 0.1) is 22.6 Å². The minimum absolute atomic E-state index is 0.194. The third kappa shape index (κ3) is 3.12. The predicted octanol–water partition coefficient (Wildman–Crippen LogP) is 3.51. The molecule has 24 heavy (non-hydrogen) atoms. The van der Waals surface area contributed by atoms with Gasteiger partial charge in [0.1, 0.15) is 5.82 Å². The minimum atomic E-state index is -0.567. The summed E-state index contributed by atoms with van der Waals surface area (Å²) >= 11 is 0. The zero-order valence-corrected chi connectivity index (χ0v) is 15.0. The van der Waals surface area contributed by atoms with Gasteiger partial charge in [0.05, 0.1) is 19.3 Å². The first-order valence-corrected chi connectivity index (χ1v) is 9.07. The summed E-state index contributed by atoms with van der Waals surface area (Å²) in [6.45, 7) is 8.11. The molecule has 3 rings (SSSR count). The molecule has 0 saturated heterocycles. The van der Waals surface area contributed by atoms with Crippen molar-refractivity contribution in [3.8, 4) is 0 Å². The summed E-state index contributed by atoms with van der Waals surface area (Å²) in [5.74, 6) is 0.525. The molecule has 2 fully saturated rings. The smallest absolute Gasteiger partial charge is 0.128 e. The van der Waals surface area contributed by atoms with Crippen molar-refractivity contribution < 1.29 is 14.2 Å². The van der Waals surface area contributed by atoms with Gasteiger partial charge in [0.15, 0.2) is 0 Å². The van der Waals surface area contributed by atoms with Crippen molar-refractivity contribution in [1.82, 2.24) is 5.32 Å². The zero-order chi connectivity index (χ0) is 17.4. The Balaban J connectivity index is 1.42. The largest absolute Gasteiger partial charge is 0.389 e. The fourth-order valence-corrected chi connectivity index (χ4v) is 4.77. The molecule has 134 valence electrons. The maximum Gasteiger partial charge on any atom is 0.128 e. The normalized spacial score (nSPS) is 32.2. The third-order valence-electron chi connectivity index (χ3n) is 6.92. The van der Waals surface area contributed by atoms with Crippen molar-refractivity contribution >= 4 is 0 Å². The first kappa shape index (κ1) is 17.8. The van der Waals surface area contributed by atoms with E-state index in [-0.39, 0.29) is 19.0 Å². The van der Waals surface area contributed by atoms with Crippen molar-refractivity contribution in [2.75, 3.05) is 13.2 Å². The fourth-order valence-electron chi connectivity index (χ4n) is 4.77. The van der Waals surface area contributed by atoms with E-state index < -0.39 is 6.10 Å². The summed E-state index contributed by atoms with van der Waals surface area (Å²) in [5.41, 5.74) is 1.21. The molecule has 0 unspecified atom stereocenters. The highest BCUT2D eigenvalue weighted by molar-refractivity contribution is 5.16. The lowest BCUT2D eigenvalue weighted by atomic mass is 9.69. The molecule has 0 aliphatic heterocycles. The number of hydrogen-bond acceptors (Lipinski definition) is 3. The second-order valence-corrected chi connectivity index (χ2v) is 8.33. The summed E-state index contributed by atoms with van der Waals surface area (Å²) in [4.78, 5) is 0. The van der Waals surface area contributed by atoms with E-state index in [1.807, 2.05) is 0 Å². The second kappa shape index (κ2) is 6.74. The molecule has 1 aromatic carbocycles. The van der Waals surface area contributed by atoms with Crippen LogP contribution in [0.3, 0.4) is 0 Å². The van der Waals surface area contributed by atoms with Crippen LogP contribution in [0.4, 0.5) is 4.39 Å². The average molecular weight is 335 g/mol. The number of ether oxygens (including phenoxy) is 1. The summed E-state index contributed by atoms with van der Waals surface area (Å²) in [5, 5.41) is 13.7. The zero-order valence-electron chi connectivity index (χ0n) is 15.0. The summed E-state index contributed by atoms with van der Waals surface area (Å²) in [6.07, 6.45) is 3.23. The van der Waals surface area contributed by atoms with E-state index in [0.717, 1.165) is 5.92 Å². The predicted molar refractivity (Wildman–Crippen MR) is 93.1 cm³/mol. The number of aliphatic hydroxyl groups is 1. The van der Waals surface area contributed by atoms with Gasteiger partial charge < -0.3 is 15.2 Å². The lowest BCUT2D eigenvalue weighted by molar-refractivity contribution is 0.0223. The highest BCUT2D eigenvalue weighted by atomic mass is 19.1. The van der Waals surface area contributed by atoms with E-state index in [1.54, 1.807) is 18.2 Å². The van der Waals surface area contributed by atoms with E-state index in [4.69, 9.17) is 4.74 Å². The molecule has 0 spiro atoms. The van der Waals surface area contributed by atoms with E-state index in [2.05, 4.69) is 26.1 Å². The molecule has 0 radical (unpaired) electrons. The third-order valence-corrected chi connectivity index (χ3v) is 6.92. The van der Waals surface area contributed by atoms with Gasteiger partial charge in [0.25, 0.3) is 0 Å². The first-order valence-electron chi connectivity index (χ1n) is 9.07.